The van der Waals surface area contributed by atoms with Gasteiger partial charge in [0.15, 0.2) is 0 Å². The molecule has 0 aromatic heterocycles. The number of hydrogen-bond acceptors (Lipinski definition) is 2. The second kappa shape index (κ2) is 4.98. The maximum absolute atomic E-state index is 11.1. The third-order valence-electron chi connectivity index (χ3n) is 4.23. The van der Waals surface area contributed by atoms with Crippen molar-refractivity contribution in [1.82, 2.24) is 0 Å². The molecule has 1 aliphatic rings. The zero-order valence-corrected chi connectivity index (χ0v) is 15.0. The number of rotatable bonds is 2. The molecule has 1 aromatic rings. The molecule has 2 nitrogen and oxygen atoms in total. The monoisotopic (exact) mass is 360 g/mol. The van der Waals surface area contributed by atoms with Gasteiger partial charge in [0, 0.05) is 21.0 Å². The van der Waals surface area contributed by atoms with E-state index >= 15 is 0 Å². The van der Waals surface area contributed by atoms with Gasteiger partial charge in [-0.15, -0.1) is 0 Å². The highest BCUT2D eigenvalue weighted by Gasteiger charge is 2.54. The zero-order chi connectivity index (χ0) is 15.3. The molecule has 2 rings (SSSR count). The van der Waals surface area contributed by atoms with E-state index < -0.39 is 11.2 Å². The Bertz CT molecular complexity index is 523. The lowest BCUT2D eigenvalue weighted by atomic mass is 9.72. The van der Waals surface area contributed by atoms with Crippen LogP contribution in [-0.4, -0.2) is 16.3 Å². The molecule has 0 aliphatic carbocycles. The summed E-state index contributed by atoms with van der Waals surface area (Å²) in [6, 6.07) is 5.61. The summed E-state index contributed by atoms with van der Waals surface area (Å²) >= 11 is 9.72. The first-order valence-corrected chi connectivity index (χ1v) is 8.01. The predicted octanol–water partition coefficient (Wildman–Crippen LogP) is 4.90. The van der Waals surface area contributed by atoms with Crippen LogP contribution in [0.3, 0.4) is 0 Å². The zero-order valence-electron chi connectivity index (χ0n) is 12.6. The van der Waals surface area contributed by atoms with Crippen molar-refractivity contribution in [3.63, 3.8) is 0 Å². The molecule has 1 saturated heterocycles. The Morgan fingerprint density at radius 2 is 1.95 bits per heavy atom. The van der Waals surface area contributed by atoms with E-state index in [0.717, 1.165) is 16.5 Å². The number of benzene rings is 1. The molecular weight excluding hydrogens is 340 g/mol. The minimum absolute atomic E-state index is 0.0244. The normalized spacial score (nSPS) is 27.3. The molecule has 0 bridgehead atoms. The fourth-order valence-electron chi connectivity index (χ4n) is 3.53. The molecule has 4 heteroatoms. The highest BCUT2D eigenvalue weighted by atomic mass is 79.9. The average Bonchev–Trinajstić information content (AvgIpc) is 2.46. The van der Waals surface area contributed by atoms with Gasteiger partial charge in [0.2, 0.25) is 0 Å². The molecule has 1 heterocycles. The highest BCUT2D eigenvalue weighted by Crippen LogP contribution is 2.51. The average molecular weight is 362 g/mol. The minimum Gasteiger partial charge on any atom is -0.385 e. The topological polar surface area (TPSA) is 29.5 Å². The Morgan fingerprint density at radius 1 is 1.35 bits per heavy atom. The third kappa shape index (κ3) is 2.92. The van der Waals surface area contributed by atoms with Crippen LogP contribution < -0.4 is 0 Å². The van der Waals surface area contributed by atoms with Gasteiger partial charge in [0.25, 0.3) is 0 Å². The Balaban J connectivity index is 2.44. The van der Waals surface area contributed by atoms with Crippen LogP contribution >= 0.6 is 27.5 Å². The van der Waals surface area contributed by atoms with Gasteiger partial charge < -0.3 is 9.84 Å². The molecule has 0 amide bonds. The lowest BCUT2D eigenvalue weighted by Gasteiger charge is -2.38. The molecule has 2 atom stereocenters. The van der Waals surface area contributed by atoms with E-state index in [1.807, 2.05) is 39.0 Å². The number of aliphatic hydroxyl groups is 1. The third-order valence-corrected chi connectivity index (χ3v) is 5.04. The Kier molecular flexibility index (Phi) is 4.05. The summed E-state index contributed by atoms with van der Waals surface area (Å²) < 4.78 is 7.01. The van der Waals surface area contributed by atoms with Crippen molar-refractivity contribution in [2.24, 2.45) is 5.92 Å². The molecule has 0 saturated carbocycles. The van der Waals surface area contributed by atoms with E-state index in [0.29, 0.717) is 5.02 Å². The molecule has 0 radical (unpaired) electrons. The van der Waals surface area contributed by atoms with Gasteiger partial charge in [-0.05, 0) is 53.2 Å². The first-order chi connectivity index (χ1) is 8.96. The summed E-state index contributed by atoms with van der Waals surface area (Å²) in [5.41, 5.74) is -0.917. The summed E-state index contributed by atoms with van der Waals surface area (Å²) in [5.74, 6) is -0.0244. The van der Waals surface area contributed by atoms with Gasteiger partial charge in [-0.1, -0.05) is 33.6 Å². The van der Waals surface area contributed by atoms with Crippen LogP contribution in [0.5, 0.6) is 0 Å². The van der Waals surface area contributed by atoms with Crippen molar-refractivity contribution < 1.29 is 9.84 Å². The van der Waals surface area contributed by atoms with Gasteiger partial charge in [-0.3, -0.25) is 0 Å². The van der Waals surface area contributed by atoms with Gasteiger partial charge in [0.05, 0.1) is 16.8 Å². The molecule has 112 valence electrons. The van der Waals surface area contributed by atoms with Crippen molar-refractivity contribution in [2.75, 3.05) is 0 Å². The van der Waals surface area contributed by atoms with Crippen LogP contribution in [0.1, 0.15) is 46.6 Å². The first kappa shape index (κ1) is 16.3. The number of halogens is 2. The van der Waals surface area contributed by atoms with Crippen LogP contribution in [0.15, 0.2) is 22.7 Å². The highest BCUT2D eigenvalue weighted by molar-refractivity contribution is 9.10. The molecule has 0 spiro atoms. The van der Waals surface area contributed by atoms with Gasteiger partial charge in [0.1, 0.15) is 0 Å². The molecule has 20 heavy (non-hydrogen) atoms. The maximum Gasteiger partial charge on any atom is 0.0939 e. The SMILES string of the molecule is CC1(C)CC(C(C)(O)c2ccc(Br)cc2Cl)C(C)(C)O1. The Morgan fingerprint density at radius 3 is 2.40 bits per heavy atom. The largest absolute Gasteiger partial charge is 0.385 e. The van der Waals surface area contributed by atoms with E-state index in [-0.39, 0.29) is 11.5 Å². The van der Waals surface area contributed by atoms with Gasteiger partial charge in [-0.25, -0.2) is 0 Å². The van der Waals surface area contributed by atoms with Crippen LogP contribution in [0.2, 0.25) is 5.02 Å². The summed E-state index contributed by atoms with van der Waals surface area (Å²) in [4.78, 5) is 0. The molecule has 2 unspecified atom stereocenters. The Hall–Kier alpha value is -0.0900. The smallest absolute Gasteiger partial charge is 0.0939 e. The fourth-order valence-corrected chi connectivity index (χ4v) is 4.39. The van der Waals surface area contributed by atoms with E-state index in [1.165, 1.54) is 0 Å². The number of hydrogen-bond donors (Lipinski definition) is 1. The van der Waals surface area contributed by atoms with Gasteiger partial charge in [-0.2, -0.15) is 0 Å². The molecule has 1 aliphatic heterocycles. The number of ether oxygens (including phenoxy) is 1. The lowest BCUT2D eigenvalue weighted by Crippen LogP contribution is -2.42. The van der Waals surface area contributed by atoms with Crippen LogP contribution in [0.4, 0.5) is 0 Å². The van der Waals surface area contributed by atoms with E-state index in [4.69, 9.17) is 16.3 Å². The van der Waals surface area contributed by atoms with Gasteiger partial charge >= 0.3 is 0 Å². The summed E-state index contributed by atoms with van der Waals surface area (Å²) in [5, 5.41) is 11.7. The minimum atomic E-state index is -1.03. The lowest BCUT2D eigenvalue weighted by molar-refractivity contribution is -0.110. The predicted molar refractivity (Wildman–Crippen MR) is 86.1 cm³/mol. The van der Waals surface area contributed by atoms with Crippen LogP contribution in [0, 0.1) is 5.92 Å². The summed E-state index contributed by atoms with van der Waals surface area (Å²) in [7, 11) is 0. The van der Waals surface area contributed by atoms with Crippen molar-refractivity contribution in [1.29, 1.82) is 0 Å². The van der Waals surface area contributed by atoms with Crippen molar-refractivity contribution >= 4 is 27.5 Å². The second-order valence-corrected chi connectivity index (χ2v) is 8.32. The quantitative estimate of drug-likeness (QED) is 0.811. The molecular formula is C16H22BrClO2. The standard InChI is InChI=1S/C16H22BrClO2/c1-14(2)9-13(15(3,4)20-14)16(5,19)11-7-6-10(17)8-12(11)18/h6-8,13,19H,9H2,1-5H3. The van der Waals surface area contributed by atoms with E-state index in [9.17, 15) is 5.11 Å². The molecule has 1 N–H and O–H groups in total. The first-order valence-electron chi connectivity index (χ1n) is 6.84. The maximum atomic E-state index is 11.1. The Labute approximate surface area is 134 Å². The van der Waals surface area contributed by atoms with E-state index in [2.05, 4.69) is 29.8 Å². The summed E-state index contributed by atoms with van der Waals surface area (Å²) in [6.45, 7) is 10.0. The second-order valence-electron chi connectivity index (χ2n) is 6.99. The van der Waals surface area contributed by atoms with Crippen molar-refractivity contribution in [3.05, 3.63) is 33.3 Å². The molecule has 1 fully saturated rings. The van der Waals surface area contributed by atoms with Crippen molar-refractivity contribution in [3.8, 4) is 0 Å². The van der Waals surface area contributed by atoms with E-state index in [1.54, 1.807) is 0 Å². The van der Waals surface area contributed by atoms with Crippen molar-refractivity contribution in [2.45, 2.75) is 57.8 Å². The summed E-state index contributed by atoms with van der Waals surface area (Å²) in [6.07, 6.45) is 0.791. The van der Waals surface area contributed by atoms with Crippen LogP contribution in [0.25, 0.3) is 0 Å². The van der Waals surface area contributed by atoms with Crippen LogP contribution in [-0.2, 0) is 10.3 Å². The molecule has 1 aromatic carbocycles. The fraction of sp³-hybridized carbons (Fsp3) is 0.625.